The minimum Gasteiger partial charge on any atom is -0.387 e. The number of nitrogens with one attached hydrogen (secondary N) is 1. The summed E-state index contributed by atoms with van der Waals surface area (Å²) in [6, 6.07) is 0. The highest BCUT2D eigenvalue weighted by Gasteiger charge is 2.13. The lowest BCUT2D eigenvalue weighted by atomic mass is 10.1. The molecule has 96 valence electrons. The van der Waals surface area contributed by atoms with Crippen LogP contribution in [0.2, 0.25) is 0 Å². The van der Waals surface area contributed by atoms with Gasteiger partial charge in [-0.05, 0) is 13.5 Å². The van der Waals surface area contributed by atoms with Crippen LogP contribution < -0.4 is 5.73 Å². The third kappa shape index (κ3) is 6.79. The molecule has 16 heavy (non-hydrogen) atoms. The van der Waals surface area contributed by atoms with Gasteiger partial charge in [-0.2, -0.15) is 0 Å². The van der Waals surface area contributed by atoms with E-state index >= 15 is 0 Å². The van der Waals surface area contributed by atoms with E-state index in [1.807, 2.05) is 25.8 Å². The Balaban J connectivity index is 3.99. The number of sulfone groups is 1. The number of hydrogen-bond donors (Lipinski definition) is 2. The highest BCUT2D eigenvalue weighted by molar-refractivity contribution is 7.91. The van der Waals surface area contributed by atoms with E-state index in [1.54, 1.807) is 0 Å². The van der Waals surface area contributed by atoms with Gasteiger partial charge >= 0.3 is 0 Å². The molecule has 0 radical (unpaired) electrons. The first-order valence-electron chi connectivity index (χ1n) is 5.51. The van der Waals surface area contributed by atoms with Gasteiger partial charge in [0, 0.05) is 24.8 Å². The SMILES string of the molecule is CCCS(=O)(=O)CCN(C)CC(C)C(=N)N. The van der Waals surface area contributed by atoms with Crippen molar-refractivity contribution in [1.29, 1.82) is 5.41 Å². The predicted octanol–water partition coefficient (Wildman–Crippen LogP) is 0.315. The molecule has 3 N–H and O–H groups in total. The van der Waals surface area contributed by atoms with Gasteiger partial charge in [0.1, 0.15) is 0 Å². The maximum atomic E-state index is 11.5. The van der Waals surface area contributed by atoms with E-state index in [0.717, 1.165) is 0 Å². The van der Waals surface area contributed by atoms with E-state index < -0.39 is 9.84 Å². The van der Waals surface area contributed by atoms with Gasteiger partial charge < -0.3 is 10.6 Å². The summed E-state index contributed by atoms with van der Waals surface area (Å²) in [6.07, 6.45) is 0.663. The number of nitrogens with zero attached hydrogens (tertiary/aromatic N) is 1. The van der Waals surface area contributed by atoms with Crippen molar-refractivity contribution >= 4 is 15.7 Å². The summed E-state index contributed by atoms with van der Waals surface area (Å²) in [5, 5.41) is 7.25. The molecule has 5 nitrogen and oxygen atoms in total. The van der Waals surface area contributed by atoms with Crippen molar-refractivity contribution in [3.8, 4) is 0 Å². The molecule has 0 aliphatic heterocycles. The van der Waals surface area contributed by atoms with Crippen LogP contribution >= 0.6 is 0 Å². The molecule has 1 unspecified atom stereocenters. The molecule has 0 aromatic rings. The lowest BCUT2D eigenvalue weighted by molar-refractivity contribution is 0.330. The lowest BCUT2D eigenvalue weighted by Crippen LogP contribution is -2.35. The summed E-state index contributed by atoms with van der Waals surface area (Å²) >= 11 is 0. The fourth-order valence-corrected chi connectivity index (χ4v) is 2.78. The minimum absolute atomic E-state index is 0.0288. The van der Waals surface area contributed by atoms with Crippen molar-refractivity contribution in [3.63, 3.8) is 0 Å². The first-order chi connectivity index (χ1) is 7.28. The highest BCUT2D eigenvalue weighted by Crippen LogP contribution is 1.99. The van der Waals surface area contributed by atoms with Gasteiger partial charge in [0.15, 0.2) is 9.84 Å². The molecule has 6 heteroatoms. The highest BCUT2D eigenvalue weighted by atomic mass is 32.2. The quantitative estimate of drug-likeness (QED) is 0.479. The number of nitrogens with two attached hydrogens (primary N) is 1. The maximum Gasteiger partial charge on any atom is 0.151 e. The van der Waals surface area contributed by atoms with Crippen molar-refractivity contribution in [3.05, 3.63) is 0 Å². The van der Waals surface area contributed by atoms with Crippen LogP contribution in [-0.2, 0) is 9.84 Å². The molecule has 0 heterocycles. The van der Waals surface area contributed by atoms with E-state index in [-0.39, 0.29) is 23.3 Å². The zero-order chi connectivity index (χ0) is 12.8. The van der Waals surface area contributed by atoms with E-state index in [2.05, 4.69) is 0 Å². The first-order valence-corrected chi connectivity index (χ1v) is 7.33. The molecule has 0 aromatic heterocycles. The molecule has 0 amide bonds. The van der Waals surface area contributed by atoms with E-state index in [0.29, 0.717) is 19.5 Å². The molecule has 0 aromatic carbocycles. The second kappa shape index (κ2) is 6.85. The van der Waals surface area contributed by atoms with Crippen LogP contribution in [0.4, 0.5) is 0 Å². The van der Waals surface area contributed by atoms with Crippen molar-refractivity contribution in [2.24, 2.45) is 11.7 Å². The molecule has 1 atom stereocenters. The molecular weight excluding hydrogens is 226 g/mol. The molecule has 0 spiro atoms. The standard InChI is InChI=1S/C10H23N3O2S/c1-4-6-16(14,15)7-5-13(3)8-9(2)10(11)12/h9H,4-8H2,1-3H3,(H3,11,12). The molecular formula is C10H23N3O2S. The monoisotopic (exact) mass is 249 g/mol. The Kier molecular flexibility index (Phi) is 6.59. The average molecular weight is 249 g/mol. The predicted molar refractivity (Wildman–Crippen MR) is 67.5 cm³/mol. The Morgan fingerprint density at radius 1 is 1.44 bits per heavy atom. The van der Waals surface area contributed by atoms with E-state index in [4.69, 9.17) is 11.1 Å². The molecule has 0 aliphatic carbocycles. The zero-order valence-electron chi connectivity index (χ0n) is 10.4. The van der Waals surface area contributed by atoms with Gasteiger partial charge in [-0.3, -0.25) is 5.41 Å². The largest absolute Gasteiger partial charge is 0.387 e. The number of hydrogen-bond acceptors (Lipinski definition) is 4. The molecule has 0 fully saturated rings. The molecule has 0 saturated heterocycles. The van der Waals surface area contributed by atoms with Crippen molar-refractivity contribution in [2.75, 3.05) is 31.6 Å². The molecule has 0 aliphatic rings. The Morgan fingerprint density at radius 3 is 2.44 bits per heavy atom. The van der Waals surface area contributed by atoms with Gasteiger partial charge in [0.25, 0.3) is 0 Å². The Bertz CT molecular complexity index is 314. The summed E-state index contributed by atoms with van der Waals surface area (Å²) in [5.74, 6) is 0.549. The molecule has 0 bridgehead atoms. The summed E-state index contributed by atoms with van der Waals surface area (Å²) in [7, 11) is -1.06. The van der Waals surface area contributed by atoms with Gasteiger partial charge in [-0.15, -0.1) is 0 Å². The second-order valence-corrected chi connectivity index (χ2v) is 6.57. The Labute approximate surface area is 98.4 Å². The third-order valence-electron chi connectivity index (χ3n) is 2.42. The van der Waals surface area contributed by atoms with Crippen LogP contribution in [0.1, 0.15) is 20.3 Å². The zero-order valence-corrected chi connectivity index (χ0v) is 11.2. The van der Waals surface area contributed by atoms with Crippen LogP contribution in [0, 0.1) is 11.3 Å². The van der Waals surface area contributed by atoms with Gasteiger partial charge in [-0.1, -0.05) is 13.8 Å². The first kappa shape index (κ1) is 15.4. The van der Waals surface area contributed by atoms with Gasteiger partial charge in [-0.25, -0.2) is 8.42 Å². The number of rotatable bonds is 8. The van der Waals surface area contributed by atoms with E-state index in [9.17, 15) is 8.42 Å². The fourth-order valence-electron chi connectivity index (χ4n) is 1.37. The van der Waals surface area contributed by atoms with Crippen LogP contribution in [-0.4, -0.2) is 50.8 Å². The van der Waals surface area contributed by atoms with Crippen LogP contribution in [0.5, 0.6) is 0 Å². The van der Waals surface area contributed by atoms with E-state index in [1.165, 1.54) is 0 Å². The smallest absolute Gasteiger partial charge is 0.151 e. The van der Waals surface area contributed by atoms with Crippen molar-refractivity contribution < 1.29 is 8.42 Å². The van der Waals surface area contributed by atoms with Crippen LogP contribution in [0.3, 0.4) is 0 Å². The van der Waals surface area contributed by atoms with Gasteiger partial charge in [0.05, 0.1) is 11.6 Å². The summed E-state index contributed by atoms with van der Waals surface area (Å²) in [6.45, 7) is 4.84. The van der Waals surface area contributed by atoms with Gasteiger partial charge in [0.2, 0.25) is 0 Å². The lowest BCUT2D eigenvalue weighted by Gasteiger charge is -2.20. The normalized spacial score (nSPS) is 14.0. The summed E-state index contributed by atoms with van der Waals surface area (Å²) < 4.78 is 22.9. The number of amidine groups is 1. The average Bonchev–Trinajstić information content (AvgIpc) is 2.14. The topological polar surface area (TPSA) is 87.2 Å². The fraction of sp³-hybridized carbons (Fsp3) is 0.900. The maximum absolute atomic E-state index is 11.5. The van der Waals surface area contributed by atoms with Crippen LogP contribution in [0.15, 0.2) is 0 Å². The Hall–Kier alpha value is -0.620. The second-order valence-electron chi connectivity index (χ2n) is 4.27. The minimum atomic E-state index is -2.91. The third-order valence-corrected chi connectivity index (χ3v) is 4.25. The molecule has 0 saturated carbocycles. The summed E-state index contributed by atoms with van der Waals surface area (Å²) in [4.78, 5) is 1.90. The van der Waals surface area contributed by atoms with Crippen molar-refractivity contribution in [1.82, 2.24) is 4.90 Å². The summed E-state index contributed by atoms with van der Waals surface area (Å²) in [5.41, 5.74) is 5.35. The molecule has 0 rings (SSSR count). The Morgan fingerprint density at radius 2 is 2.00 bits per heavy atom. The van der Waals surface area contributed by atoms with Crippen molar-refractivity contribution in [2.45, 2.75) is 20.3 Å². The van der Waals surface area contributed by atoms with Crippen LogP contribution in [0.25, 0.3) is 0 Å².